The van der Waals surface area contributed by atoms with E-state index in [4.69, 9.17) is 15.2 Å². The van der Waals surface area contributed by atoms with E-state index < -0.39 is 23.8 Å². The average Bonchev–Trinajstić information content (AvgIpc) is 2.71. The Hall–Kier alpha value is -3.66. The van der Waals surface area contributed by atoms with Gasteiger partial charge in [-0.2, -0.15) is 0 Å². The molecule has 0 aromatic heterocycles. The molecule has 1 heterocycles. The van der Waals surface area contributed by atoms with Gasteiger partial charge < -0.3 is 15.2 Å². The molecular weight excluding hydrogens is 458 g/mol. The number of rotatable bonds is 6. The van der Waals surface area contributed by atoms with Crippen molar-refractivity contribution in [3.8, 4) is 11.5 Å². The van der Waals surface area contributed by atoms with Crippen LogP contribution in [0, 0.1) is 0 Å². The molecule has 0 unspecified atom stereocenters. The van der Waals surface area contributed by atoms with Crippen molar-refractivity contribution in [2.45, 2.75) is 0 Å². The second-order valence-electron chi connectivity index (χ2n) is 6.10. The highest BCUT2D eigenvalue weighted by Crippen LogP contribution is 2.30. The first-order valence-corrected chi connectivity index (χ1v) is 9.35. The first-order valence-electron chi connectivity index (χ1n) is 8.56. The highest BCUT2D eigenvalue weighted by atomic mass is 79.9. The topological polar surface area (TPSA) is 128 Å². The van der Waals surface area contributed by atoms with E-state index in [0.29, 0.717) is 11.3 Å². The van der Waals surface area contributed by atoms with Crippen molar-refractivity contribution >= 4 is 51.4 Å². The minimum Gasteiger partial charge on any atom is -0.493 e. The van der Waals surface area contributed by atoms with Crippen LogP contribution in [-0.2, 0) is 14.4 Å². The summed E-state index contributed by atoms with van der Waals surface area (Å²) in [7, 11) is 1.40. The predicted octanol–water partition coefficient (Wildman–Crippen LogP) is 1.99. The van der Waals surface area contributed by atoms with Crippen LogP contribution >= 0.6 is 15.9 Å². The number of primary amides is 1. The maximum Gasteiger partial charge on any atom is 0.335 e. The summed E-state index contributed by atoms with van der Waals surface area (Å²) in [5.74, 6) is -1.68. The molecule has 0 saturated carbocycles. The molecule has 0 aliphatic carbocycles. The quantitative estimate of drug-likeness (QED) is 0.487. The van der Waals surface area contributed by atoms with Gasteiger partial charge in [0, 0.05) is 4.47 Å². The van der Waals surface area contributed by atoms with Crippen molar-refractivity contribution in [3.63, 3.8) is 0 Å². The summed E-state index contributed by atoms with van der Waals surface area (Å²) in [5, 5.41) is 2.16. The fourth-order valence-corrected chi connectivity index (χ4v) is 2.96. The Morgan fingerprint density at radius 3 is 2.47 bits per heavy atom. The van der Waals surface area contributed by atoms with E-state index in [1.54, 1.807) is 30.3 Å². The molecule has 0 bridgehead atoms. The molecule has 2 aromatic carbocycles. The van der Waals surface area contributed by atoms with E-state index in [2.05, 4.69) is 21.2 Å². The molecule has 0 radical (unpaired) electrons. The molecule has 3 N–H and O–H groups in total. The summed E-state index contributed by atoms with van der Waals surface area (Å²) in [6, 6.07) is 10.2. The Kier molecular flexibility index (Phi) is 6.17. The van der Waals surface area contributed by atoms with Crippen LogP contribution in [0.4, 0.5) is 10.5 Å². The van der Waals surface area contributed by atoms with Crippen LogP contribution in [0.25, 0.3) is 6.08 Å². The van der Waals surface area contributed by atoms with Gasteiger partial charge in [0.2, 0.25) is 0 Å². The average molecular weight is 474 g/mol. The Morgan fingerprint density at radius 1 is 1.13 bits per heavy atom. The summed E-state index contributed by atoms with van der Waals surface area (Å²) in [6.45, 7) is -0.331. The number of nitrogens with two attached hydrogens (primary N) is 1. The molecule has 30 heavy (non-hydrogen) atoms. The van der Waals surface area contributed by atoms with Crippen molar-refractivity contribution in [2.75, 3.05) is 18.6 Å². The van der Waals surface area contributed by atoms with Gasteiger partial charge in [0.25, 0.3) is 17.7 Å². The molecule has 154 valence electrons. The zero-order chi connectivity index (χ0) is 21.8. The molecule has 1 aliphatic heterocycles. The zero-order valence-corrected chi connectivity index (χ0v) is 17.3. The van der Waals surface area contributed by atoms with Crippen LogP contribution in [0.3, 0.4) is 0 Å². The highest BCUT2D eigenvalue weighted by Gasteiger charge is 2.36. The number of nitrogens with one attached hydrogen (secondary N) is 1. The van der Waals surface area contributed by atoms with Crippen molar-refractivity contribution in [1.29, 1.82) is 0 Å². The van der Waals surface area contributed by atoms with E-state index in [9.17, 15) is 19.2 Å². The lowest BCUT2D eigenvalue weighted by Gasteiger charge is -2.26. The highest BCUT2D eigenvalue weighted by molar-refractivity contribution is 9.10. The molecule has 3 rings (SSSR count). The summed E-state index contributed by atoms with van der Waals surface area (Å²) in [4.78, 5) is 49.2. The number of hydrogen-bond donors (Lipinski definition) is 2. The number of methoxy groups -OCH3 is 1. The summed E-state index contributed by atoms with van der Waals surface area (Å²) >= 11 is 3.29. The normalized spacial score (nSPS) is 15.2. The first-order chi connectivity index (χ1) is 14.3. The van der Waals surface area contributed by atoms with E-state index in [1.807, 2.05) is 0 Å². The van der Waals surface area contributed by atoms with E-state index in [-0.39, 0.29) is 23.7 Å². The number of imide groups is 2. The molecule has 2 aromatic rings. The number of carbonyl (C=O) groups excluding carboxylic acids is 4. The minimum absolute atomic E-state index is 0.231. The van der Waals surface area contributed by atoms with Gasteiger partial charge in [-0.15, -0.1) is 0 Å². The number of benzene rings is 2. The van der Waals surface area contributed by atoms with Gasteiger partial charge >= 0.3 is 6.03 Å². The molecule has 5 amide bonds. The van der Waals surface area contributed by atoms with Crippen LogP contribution in [0.1, 0.15) is 5.56 Å². The van der Waals surface area contributed by atoms with Gasteiger partial charge in [-0.05, 0) is 48.0 Å². The SMILES string of the molecule is COc1cc(/C=C2\C(=O)NC(=O)N(c3ccc(Br)cc3)C2=O)ccc1OCC(N)=O. The third-order valence-corrected chi connectivity index (χ3v) is 4.58. The molecular formula is C20H16BrN3O6. The van der Waals surface area contributed by atoms with Crippen LogP contribution in [-0.4, -0.2) is 37.5 Å². The van der Waals surface area contributed by atoms with Crippen molar-refractivity contribution in [1.82, 2.24) is 5.32 Å². The van der Waals surface area contributed by atoms with Crippen LogP contribution in [0.15, 0.2) is 52.5 Å². The van der Waals surface area contributed by atoms with E-state index in [0.717, 1.165) is 9.37 Å². The Balaban J connectivity index is 1.94. The molecule has 1 saturated heterocycles. The number of halogens is 1. The predicted molar refractivity (Wildman–Crippen MR) is 111 cm³/mol. The van der Waals surface area contributed by atoms with Gasteiger partial charge in [-0.3, -0.25) is 19.7 Å². The fourth-order valence-electron chi connectivity index (χ4n) is 2.69. The number of barbiturate groups is 1. The lowest BCUT2D eigenvalue weighted by molar-refractivity contribution is -0.123. The Labute approximate surface area is 179 Å². The first kappa shape index (κ1) is 21.1. The zero-order valence-electron chi connectivity index (χ0n) is 15.7. The van der Waals surface area contributed by atoms with E-state index >= 15 is 0 Å². The maximum absolute atomic E-state index is 12.9. The smallest absolute Gasteiger partial charge is 0.335 e. The Bertz CT molecular complexity index is 1060. The lowest BCUT2D eigenvalue weighted by Crippen LogP contribution is -2.54. The molecule has 0 spiro atoms. The maximum atomic E-state index is 12.9. The Morgan fingerprint density at radius 2 is 1.83 bits per heavy atom. The molecule has 1 aliphatic rings. The van der Waals surface area contributed by atoms with Gasteiger partial charge in [0.05, 0.1) is 12.8 Å². The summed E-state index contributed by atoms with van der Waals surface area (Å²) in [6.07, 6.45) is 1.33. The number of hydrogen-bond acceptors (Lipinski definition) is 6. The number of ether oxygens (including phenoxy) is 2. The standard InChI is InChI=1S/C20H16BrN3O6/c1-29-16-9-11(2-7-15(16)30-10-17(22)25)8-14-18(26)23-20(28)24(19(14)27)13-5-3-12(21)4-6-13/h2-9H,10H2,1H3,(H2,22,25)(H,23,26,28)/b14-8+. The second kappa shape index (κ2) is 8.78. The molecule has 10 heteroatoms. The minimum atomic E-state index is -0.836. The van der Waals surface area contributed by atoms with Crippen LogP contribution in [0.2, 0.25) is 0 Å². The third-order valence-electron chi connectivity index (χ3n) is 4.06. The third kappa shape index (κ3) is 4.49. The number of anilines is 1. The van der Waals surface area contributed by atoms with Gasteiger partial charge in [-0.1, -0.05) is 22.0 Å². The number of amides is 5. The van der Waals surface area contributed by atoms with Crippen molar-refractivity contribution < 1.29 is 28.7 Å². The van der Waals surface area contributed by atoms with Crippen molar-refractivity contribution in [3.05, 3.63) is 58.1 Å². The van der Waals surface area contributed by atoms with Crippen molar-refractivity contribution in [2.24, 2.45) is 5.73 Å². The number of nitrogens with zero attached hydrogens (tertiary/aromatic N) is 1. The molecule has 0 atom stereocenters. The van der Waals surface area contributed by atoms with Gasteiger partial charge in [0.15, 0.2) is 18.1 Å². The van der Waals surface area contributed by atoms with Gasteiger partial charge in [0.1, 0.15) is 5.57 Å². The van der Waals surface area contributed by atoms with Gasteiger partial charge in [-0.25, -0.2) is 9.69 Å². The fraction of sp³-hybridized carbons (Fsp3) is 0.100. The largest absolute Gasteiger partial charge is 0.493 e. The number of urea groups is 1. The number of carbonyl (C=O) groups is 4. The van der Waals surface area contributed by atoms with Crippen LogP contribution in [0.5, 0.6) is 11.5 Å². The molecule has 1 fully saturated rings. The van der Waals surface area contributed by atoms with Crippen LogP contribution < -0.4 is 25.4 Å². The lowest BCUT2D eigenvalue weighted by atomic mass is 10.1. The summed E-state index contributed by atoms with van der Waals surface area (Å²) in [5.41, 5.74) is 5.59. The monoisotopic (exact) mass is 473 g/mol. The second-order valence-corrected chi connectivity index (χ2v) is 7.02. The summed E-state index contributed by atoms with van der Waals surface area (Å²) < 4.78 is 11.2. The molecule has 9 nitrogen and oxygen atoms in total. The van der Waals surface area contributed by atoms with E-state index in [1.165, 1.54) is 25.3 Å².